The number of hydrogen-bond donors (Lipinski definition) is 2. The molecule has 2 N–H and O–H groups in total. The summed E-state index contributed by atoms with van der Waals surface area (Å²) in [6.45, 7) is 2.23. The van der Waals surface area contributed by atoms with Crippen molar-refractivity contribution in [1.29, 1.82) is 0 Å². The van der Waals surface area contributed by atoms with Gasteiger partial charge < -0.3 is 15.2 Å². The van der Waals surface area contributed by atoms with Gasteiger partial charge in [0.25, 0.3) is 0 Å². The summed E-state index contributed by atoms with van der Waals surface area (Å²) in [5.41, 5.74) is 0.632. The lowest BCUT2D eigenvalue weighted by Gasteiger charge is -2.12. The van der Waals surface area contributed by atoms with E-state index in [2.05, 4.69) is 5.32 Å². The van der Waals surface area contributed by atoms with Crippen molar-refractivity contribution in [1.82, 2.24) is 5.32 Å². The number of benzene rings is 2. The molecule has 1 amide bonds. The molecule has 5 nitrogen and oxygen atoms in total. The maximum atomic E-state index is 13.2. The number of carbonyl (C=O) groups is 2. The van der Waals surface area contributed by atoms with Crippen molar-refractivity contribution in [2.45, 2.75) is 25.9 Å². The van der Waals surface area contributed by atoms with E-state index in [1.807, 2.05) is 6.92 Å². The van der Waals surface area contributed by atoms with Gasteiger partial charge in [0.15, 0.2) is 17.4 Å². The molecule has 0 heterocycles. The van der Waals surface area contributed by atoms with Crippen LogP contribution in [0.15, 0.2) is 42.5 Å². The number of Topliss-reactive ketones (excluding diaryl/α,β-unsaturated/α-hetero) is 1. The Kier molecular flexibility index (Phi) is 7.43. The quantitative estimate of drug-likeness (QED) is 0.658. The molecule has 0 spiro atoms. The van der Waals surface area contributed by atoms with E-state index < -0.39 is 23.6 Å². The number of halogens is 2. The number of carbonyl (C=O) groups excluding carboxylic acids is 2. The van der Waals surface area contributed by atoms with Gasteiger partial charge in [0.2, 0.25) is 5.91 Å². The highest BCUT2D eigenvalue weighted by atomic mass is 19.2. The summed E-state index contributed by atoms with van der Waals surface area (Å²) in [6.07, 6.45) is -1.21. The average molecular weight is 377 g/mol. The lowest BCUT2D eigenvalue weighted by Crippen LogP contribution is -2.28. The first-order chi connectivity index (χ1) is 12.9. The Morgan fingerprint density at radius 3 is 2.41 bits per heavy atom. The smallest absolute Gasteiger partial charge is 0.220 e. The lowest BCUT2D eigenvalue weighted by atomic mass is 10.1. The van der Waals surface area contributed by atoms with Crippen LogP contribution in [0.1, 0.15) is 41.8 Å². The molecule has 0 aliphatic carbocycles. The molecule has 0 saturated heterocycles. The minimum Gasteiger partial charge on any atom is -0.494 e. The highest BCUT2D eigenvalue weighted by molar-refractivity contribution is 5.98. The Bertz CT molecular complexity index is 793. The topological polar surface area (TPSA) is 75.6 Å². The number of aliphatic hydroxyl groups excluding tert-OH is 1. The molecule has 0 aliphatic rings. The van der Waals surface area contributed by atoms with Crippen LogP contribution in [0.3, 0.4) is 0 Å². The zero-order valence-corrected chi connectivity index (χ0v) is 14.9. The van der Waals surface area contributed by atoms with Crippen molar-refractivity contribution in [2.75, 3.05) is 13.2 Å². The van der Waals surface area contributed by atoms with Gasteiger partial charge in [-0.25, -0.2) is 8.78 Å². The van der Waals surface area contributed by atoms with E-state index in [9.17, 15) is 23.5 Å². The van der Waals surface area contributed by atoms with Crippen LogP contribution in [-0.2, 0) is 4.79 Å². The third kappa shape index (κ3) is 6.14. The first-order valence-corrected chi connectivity index (χ1v) is 8.56. The van der Waals surface area contributed by atoms with Gasteiger partial charge in [0, 0.05) is 24.9 Å². The average Bonchev–Trinajstić information content (AvgIpc) is 2.67. The molecular formula is C20H21F2NO4. The van der Waals surface area contributed by atoms with Crippen molar-refractivity contribution in [3.05, 3.63) is 65.2 Å². The van der Waals surface area contributed by atoms with Crippen LogP contribution in [0.4, 0.5) is 8.78 Å². The van der Waals surface area contributed by atoms with Crippen LogP contribution in [0.5, 0.6) is 5.75 Å². The van der Waals surface area contributed by atoms with Crippen LogP contribution < -0.4 is 10.1 Å². The van der Waals surface area contributed by atoms with Gasteiger partial charge in [-0.2, -0.15) is 0 Å². The first kappa shape index (κ1) is 20.5. The molecule has 0 aliphatic heterocycles. The predicted octanol–water partition coefficient (Wildman–Crippen LogP) is 3.18. The van der Waals surface area contributed by atoms with E-state index in [4.69, 9.17) is 4.74 Å². The molecule has 27 heavy (non-hydrogen) atoms. The van der Waals surface area contributed by atoms with Crippen LogP contribution in [-0.4, -0.2) is 29.9 Å². The minimum absolute atomic E-state index is 0.0150. The van der Waals surface area contributed by atoms with Crippen LogP contribution in [0.2, 0.25) is 0 Å². The normalized spacial score (nSPS) is 11.7. The van der Waals surface area contributed by atoms with E-state index >= 15 is 0 Å². The Labute approximate surface area is 156 Å². The van der Waals surface area contributed by atoms with Gasteiger partial charge in [-0.1, -0.05) is 6.07 Å². The van der Waals surface area contributed by atoms with Crippen LogP contribution in [0.25, 0.3) is 0 Å². The summed E-state index contributed by atoms with van der Waals surface area (Å²) in [4.78, 5) is 23.9. The molecule has 0 bridgehead atoms. The first-order valence-electron chi connectivity index (χ1n) is 8.56. The van der Waals surface area contributed by atoms with Gasteiger partial charge in [-0.3, -0.25) is 9.59 Å². The van der Waals surface area contributed by atoms with Gasteiger partial charge in [0.1, 0.15) is 5.75 Å². The minimum atomic E-state index is -1.18. The summed E-state index contributed by atoms with van der Waals surface area (Å²) in [5, 5.41) is 12.4. The highest BCUT2D eigenvalue weighted by Crippen LogP contribution is 2.16. The lowest BCUT2D eigenvalue weighted by molar-refractivity contribution is -0.121. The van der Waals surface area contributed by atoms with E-state index in [1.165, 1.54) is 6.07 Å². The number of hydrogen-bond acceptors (Lipinski definition) is 4. The van der Waals surface area contributed by atoms with E-state index in [0.717, 1.165) is 12.1 Å². The van der Waals surface area contributed by atoms with Gasteiger partial charge in [-0.15, -0.1) is 0 Å². The van der Waals surface area contributed by atoms with E-state index in [-0.39, 0.29) is 30.7 Å². The fraction of sp³-hybridized carbons (Fsp3) is 0.300. The molecule has 0 aromatic heterocycles. The van der Waals surface area contributed by atoms with Crippen molar-refractivity contribution < 1.29 is 28.2 Å². The third-order valence-electron chi connectivity index (χ3n) is 3.89. The van der Waals surface area contributed by atoms with Gasteiger partial charge in [-0.05, 0) is 48.9 Å². The maximum absolute atomic E-state index is 13.2. The Hall–Kier alpha value is -2.80. The fourth-order valence-electron chi connectivity index (χ4n) is 2.41. The predicted molar refractivity (Wildman–Crippen MR) is 95.5 cm³/mol. The van der Waals surface area contributed by atoms with Crippen LogP contribution in [0, 0.1) is 11.6 Å². The van der Waals surface area contributed by atoms with Gasteiger partial charge >= 0.3 is 0 Å². The SMILES string of the molecule is CCOc1ccc(C(=O)CCC(=O)NCC(O)c2ccc(F)c(F)c2)cc1. The number of aliphatic hydroxyl groups is 1. The number of nitrogens with one attached hydrogen (secondary N) is 1. The second-order valence-corrected chi connectivity index (χ2v) is 5.87. The Balaban J connectivity index is 1.78. The van der Waals surface area contributed by atoms with Crippen molar-refractivity contribution in [3.63, 3.8) is 0 Å². The number of ether oxygens (including phenoxy) is 1. The molecule has 7 heteroatoms. The Morgan fingerprint density at radius 1 is 1.07 bits per heavy atom. The molecule has 1 unspecified atom stereocenters. The summed E-state index contributed by atoms with van der Waals surface area (Å²) >= 11 is 0. The van der Waals surface area contributed by atoms with Crippen molar-refractivity contribution in [2.24, 2.45) is 0 Å². The molecule has 1 atom stereocenters. The highest BCUT2D eigenvalue weighted by Gasteiger charge is 2.14. The van der Waals surface area contributed by atoms with E-state index in [1.54, 1.807) is 24.3 Å². The summed E-state index contributed by atoms with van der Waals surface area (Å²) in [5.74, 6) is -2.02. The van der Waals surface area contributed by atoms with Crippen LogP contribution >= 0.6 is 0 Å². The summed E-state index contributed by atoms with van der Waals surface area (Å²) in [6, 6.07) is 9.68. The second-order valence-electron chi connectivity index (χ2n) is 5.87. The summed E-state index contributed by atoms with van der Waals surface area (Å²) < 4.78 is 31.3. The standard InChI is InChI=1S/C20H21F2NO4/c1-2-27-15-6-3-13(4-7-15)18(24)9-10-20(26)23-12-19(25)14-5-8-16(21)17(22)11-14/h3-8,11,19,25H,2,9-10,12H2,1H3,(H,23,26). The number of ketones is 1. The maximum Gasteiger partial charge on any atom is 0.220 e. The molecule has 0 saturated carbocycles. The molecular weight excluding hydrogens is 356 g/mol. The monoisotopic (exact) mass is 377 g/mol. The number of rotatable bonds is 9. The largest absolute Gasteiger partial charge is 0.494 e. The van der Waals surface area contributed by atoms with Crippen molar-refractivity contribution in [3.8, 4) is 5.75 Å². The van der Waals surface area contributed by atoms with E-state index in [0.29, 0.717) is 17.9 Å². The Morgan fingerprint density at radius 2 is 1.78 bits per heavy atom. The second kappa shape index (κ2) is 9.78. The number of amides is 1. The molecule has 144 valence electrons. The zero-order chi connectivity index (χ0) is 19.8. The third-order valence-corrected chi connectivity index (χ3v) is 3.89. The molecule has 2 aromatic carbocycles. The van der Waals surface area contributed by atoms with Gasteiger partial charge in [0.05, 0.1) is 12.7 Å². The zero-order valence-electron chi connectivity index (χ0n) is 14.9. The van der Waals surface area contributed by atoms with Crippen molar-refractivity contribution >= 4 is 11.7 Å². The summed E-state index contributed by atoms with van der Waals surface area (Å²) in [7, 11) is 0. The molecule has 0 radical (unpaired) electrons. The molecule has 2 aromatic rings. The fourth-order valence-corrected chi connectivity index (χ4v) is 2.41. The molecule has 2 rings (SSSR count). The molecule has 0 fully saturated rings.